The Bertz CT molecular complexity index is 568. The van der Waals surface area contributed by atoms with Crippen molar-refractivity contribution in [2.75, 3.05) is 6.54 Å². The molecule has 1 aromatic carbocycles. The fourth-order valence-electron chi connectivity index (χ4n) is 2.79. The number of carbonyl (C=O) groups is 1. The van der Waals surface area contributed by atoms with Gasteiger partial charge in [0, 0.05) is 11.6 Å². The van der Waals surface area contributed by atoms with Crippen molar-refractivity contribution in [2.45, 2.75) is 38.6 Å². The van der Waals surface area contributed by atoms with Gasteiger partial charge in [-0.2, -0.15) is 0 Å². The molecule has 0 aliphatic heterocycles. The summed E-state index contributed by atoms with van der Waals surface area (Å²) >= 11 is 0. The molecular weight excluding hydrogens is 267 g/mol. The molecule has 0 spiro atoms. The van der Waals surface area contributed by atoms with Crippen LogP contribution in [0.15, 0.2) is 18.2 Å². The first-order valence-electron chi connectivity index (χ1n) is 7.41. The Morgan fingerprint density at radius 2 is 2.19 bits per heavy atom. The smallest absolute Gasteiger partial charge is 0.254 e. The van der Waals surface area contributed by atoms with E-state index in [1.807, 2.05) is 6.92 Å². The number of nitrogens with one attached hydrogen (secondary N) is 1. The summed E-state index contributed by atoms with van der Waals surface area (Å²) in [7, 11) is 0. The lowest BCUT2D eigenvalue weighted by Gasteiger charge is -2.20. The largest absolute Gasteiger partial charge is 0.349 e. The molecule has 1 atom stereocenters. The first-order valence-corrected chi connectivity index (χ1v) is 7.41. The molecule has 0 heterocycles. The molecule has 2 rings (SSSR count). The number of hydrogen-bond donors (Lipinski definition) is 2. The Morgan fingerprint density at radius 3 is 2.86 bits per heavy atom. The molecule has 0 bridgehead atoms. The summed E-state index contributed by atoms with van der Waals surface area (Å²) in [5.41, 5.74) is 5.96. The van der Waals surface area contributed by atoms with Gasteiger partial charge < -0.3 is 11.1 Å². The van der Waals surface area contributed by atoms with Gasteiger partial charge in [0.15, 0.2) is 0 Å². The number of amides is 1. The Balaban J connectivity index is 2.10. The number of rotatable bonds is 3. The van der Waals surface area contributed by atoms with Crippen LogP contribution in [-0.2, 0) is 0 Å². The number of hydrogen-bond acceptors (Lipinski definition) is 2. The van der Waals surface area contributed by atoms with E-state index in [1.54, 1.807) is 6.07 Å². The summed E-state index contributed by atoms with van der Waals surface area (Å²) in [6.45, 7) is 2.22. The van der Waals surface area contributed by atoms with Crippen molar-refractivity contribution in [1.29, 1.82) is 0 Å². The second kappa shape index (κ2) is 7.24. The summed E-state index contributed by atoms with van der Waals surface area (Å²) in [4.78, 5) is 12.2. The zero-order valence-electron chi connectivity index (χ0n) is 12.3. The van der Waals surface area contributed by atoms with E-state index in [1.165, 1.54) is 25.0 Å². The highest BCUT2D eigenvalue weighted by molar-refractivity contribution is 5.95. The minimum Gasteiger partial charge on any atom is -0.349 e. The molecule has 1 aliphatic carbocycles. The van der Waals surface area contributed by atoms with Gasteiger partial charge >= 0.3 is 0 Å². The van der Waals surface area contributed by atoms with Crippen molar-refractivity contribution in [3.8, 4) is 11.8 Å². The van der Waals surface area contributed by atoms with Crippen molar-refractivity contribution in [3.63, 3.8) is 0 Å². The predicted octanol–water partition coefficient (Wildman–Crippen LogP) is 2.44. The average Bonchev–Trinajstić information content (AvgIpc) is 3.00. The van der Waals surface area contributed by atoms with Gasteiger partial charge in [-0.05, 0) is 43.9 Å². The highest BCUT2D eigenvalue weighted by Crippen LogP contribution is 2.27. The van der Waals surface area contributed by atoms with Crippen molar-refractivity contribution in [1.82, 2.24) is 5.32 Å². The molecule has 0 radical (unpaired) electrons. The van der Waals surface area contributed by atoms with E-state index in [0.717, 1.165) is 12.8 Å². The minimum absolute atomic E-state index is 0.0451. The molecule has 112 valence electrons. The maximum absolute atomic E-state index is 13.8. The zero-order chi connectivity index (χ0) is 15.2. The summed E-state index contributed by atoms with van der Waals surface area (Å²) in [5.74, 6) is 5.11. The fourth-order valence-corrected chi connectivity index (χ4v) is 2.79. The minimum atomic E-state index is -0.524. The van der Waals surface area contributed by atoms with Gasteiger partial charge in [0.2, 0.25) is 0 Å². The Kier molecular flexibility index (Phi) is 5.35. The van der Waals surface area contributed by atoms with Crippen molar-refractivity contribution < 1.29 is 9.18 Å². The maximum atomic E-state index is 13.8. The predicted molar refractivity (Wildman–Crippen MR) is 81.2 cm³/mol. The van der Waals surface area contributed by atoms with Crippen LogP contribution in [0.25, 0.3) is 0 Å². The first-order chi connectivity index (χ1) is 10.1. The second-order valence-corrected chi connectivity index (χ2v) is 5.51. The summed E-state index contributed by atoms with van der Waals surface area (Å²) < 4.78 is 13.8. The normalized spacial score (nSPS) is 16.1. The van der Waals surface area contributed by atoms with Crippen molar-refractivity contribution in [3.05, 3.63) is 35.1 Å². The highest BCUT2D eigenvalue weighted by atomic mass is 19.1. The van der Waals surface area contributed by atoms with Crippen LogP contribution in [0.3, 0.4) is 0 Å². The van der Waals surface area contributed by atoms with Crippen LogP contribution in [0, 0.1) is 23.6 Å². The van der Waals surface area contributed by atoms with E-state index < -0.39 is 5.82 Å². The van der Waals surface area contributed by atoms with Crippen LogP contribution >= 0.6 is 0 Å². The van der Waals surface area contributed by atoms with Gasteiger partial charge in [0.25, 0.3) is 5.91 Å². The van der Waals surface area contributed by atoms with Crippen LogP contribution in [0.5, 0.6) is 0 Å². The molecule has 3 N–H and O–H groups in total. The van der Waals surface area contributed by atoms with E-state index in [4.69, 9.17) is 5.73 Å². The van der Waals surface area contributed by atoms with Gasteiger partial charge in [-0.1, -0.05) is 24.7 Å². The van der Waals surface area contributed by atoms with Crippen molar-refractivity contribution >= 4 is 5.91 Å². The van der Waals surface area contributed by atoms with Gasteiger partial charge in [-0.15, -0.1) is 0 Å². The van der Waals surface area contributed by atoms with Crippen LogP contribution in [0.2, 0.25) is 0 Å². The molecule has 0 saturated heterocycles. The molecule has 1 fully saturated rings. The van der Waals surface area contributed by atoms with E-state index in [2.05, 4.69) is 17.2 Å². The summed E-state index contributed by atoms with van der Waals surface area (Å²) in [6.07, 6.45) is 4.69. The van der Waals surface area contributed by atoms with Gasteiger partial charge in [0.05, 0.1) is 12.1 Å². The molecule has 1 aromatic rings. The zero-order valence-corrected chi connectivity index (χ0v) is 12.3. The SMILES string of the molecule is CC(NC(=O)c1cc(C#CCN)ccc1F)C1CCCC1. The lowest BCUT2D eigenvalue weighted by Crippen LogP contribution is -2.37. The molecule has 3 nitrogen and oxygen atoms in total. The van der Waals surface area contributed by atoms with Crippen LogP contribution in [-0.4, -0.2) is 18.5 Å². The Morgan fingerprint density at radius 1 is 1.48 bits per heavy atom. The fraction of sp³-hybridized carbons (Fsp3) is 0.471. The number of carbonyl (C=O) groups excluding carboxylic acids is 1. The summed E-state index contributed by atoms with van der Waals surface area (Å²) in [5, 5.41) is 2.91. The molecule has 4 heteroatoms. The standard InChI is InChI=1S/C17H21FN2O/c1-12(14-6-2-3-7-14)20-17(21)15-11-13(5-4-10-19)8-9-16(15)18/h8-9,11-12,14H,2-3,6-7,10,19H2,1H3,(H,20,21). The van der Waals surface area contributed by atoms with Gasteiger partial charge in [-0.25, -0.2) is 4.39 Å². The third-order valence-electron chi connectivity index (χ3n) is 4.01. The Labute approximate surface area is 125 Å². The number of halogens is 1. The first kappa shape index (κ1) is 15.5. The van der Waals surface area contributed by atoms with E-state index in [-0.39, 0.29) is 24.1 Å². The monoisotopic (exact) mass is 288 g/mol. The molecule has 1 saturated carbocycles. The van der Waals surface area contributed by atoms with Gasteiger partial charge in [-0.3, -0.25) is 4.79 Å². The van der Waals surface area contributed by atoms with E-state index in [0.29, 0.717) is 11.5 Å². The second-order valence-electron chi connectivity index (χ2n) is 5.51. The third kappa shape index (κ3) is 4.05. The average molecular weight is 288 g/mol. The van der Waals surface area contributed by atoms with E-state index in [9.17, 15) is 9.18 Å². The number of nitrogens with two attached hydrogens (primary N) is 1. The van der Waals surface area contributed by atoms with Crippen LogP contribution in [0.4, 0.5) is 4.39 Å². The van der Waals surface area contributed by atoms with Crippen LogP contribution < -0.4 is 11.1 Å². The Hall–Kier alpha value is -1.86. The molecule has 0 aromatic heterocycles. The topological polar surface area (TPSA) is 55.1 Å². The lowest BCUT2D eigenvalue weighted by molar-refractivity contribution is 0.0923. The lowest BCUT2D eigenvalue weighted by atomic mass is 9.99. The van der Waals surface area contributed by atoms with Gasteiger partial charge in [0.1, 0.15) is 5.82 Å². The molecular formula is C17H21FN2O. The van der Waals surface area contributed by atoms with Crippen LogP contribution in [0.1, 0.15) is 48.5 Å². The van der Waals surface area contributed by atoms with Crippen molar-refractivity contribution in [2.24, 2.45) is 11.7 Å². The quantitative estimate of drug-likeness (QED) is 0.839. The number of benzene rings is 1. The molecule has 1 unspecified atom stereocenters. The molecule has 1 aliphatic rings. The third-order valence-corrected chi connectivity index (χ3v) is 4.01. The molecule has 21 heavy (non-hydrogen) atoms. The molecule has 1 amide bonds. The highest BCUT2D eigenvalue weighted by Gasteiger charge is 2.24. The summed E-state index contributed by atoms with van der Waals surface area (Å²) in [6, 6.07) is 4.37. The maximum Gasteiger partial charge on any atom is 0.254 e. The van der Waals surface area contributed by atoms with E-state index >= 15 is 0 Å².